The Balaban J connectivity index is 1.59. The summed E-state index contributed by atoms with van der Waals surface area (Å²) in [4.78, 5) is 12.7. The number of benzene rings is 3. The fraction of sp³-hybridized carbons (Fsp3) is 0.0455. The lowest BCUT2D eigenvalue weighted by molar-refractivity contribution is 0.306. The monoisotopic (exact) mass is 378 g/mol. The molecule has 0 radical (unpaired) electrons. The van der Waals surface area contributed by atoms with E-state index in [0.29, 0.717) is 34.1 Å². The summed E-state index contributed by atoms with van der Waals surface area (Å²) < 4.78 is 17.0. The third-order valence-corrected chi connectivity index (χ3v) is 4.33. The molecule has 3 aromatic carbocycles. The second-order valence-electron chi connectivity index (χ2n) is 5.89. The summed E-state index contributed by atoms with van der Waals surface area (Å²) in [5, 5.41) is 0.827. The van der Waals surface area contributed by atoms with E-state index in [-0.39, 0.29) is 11.2 Å². The lowest BCUT2D eigenvalue weighted by atomic mass is 10.2. The Morgan fingerprint density at radius 2 is 1.67 bits per heavy atom. The third-order valence-electron chi connectivity index (χ3n) is 4.02. The minimum absolute atomic E-state index is 0.0774. The van der Waals surface area contributed by atoms with E-state index in [1.165, 1.54) is 6.26 Å². The van der Waals surface area contributed by atoms with E-state index in [9.17, 15) is 4.79 Å². The van der Waals surface area contributed by atoms with Crippen molar-refractivity contribution >= 4 is 22.6 Å². The molecule has 27 heavy (non-hydrogen) atoms. The zero-order valence-electron chi connectivity index (χ0n) is 14.2. The summed E-state index contributed by atoms with van der Waals surface area (Å²) in [5.74, 6) is 1.09. The van der Waals surface area contributed by atoms with E-state index in [1.54, 1.807) is 42.5 Å². The Bertz CT molecular complexity index is 1140. The zero-order chi connectivity index (χ0) is 18.6. The fourth-order valence-corrected chi connectivity index (χ4v) is 2.81. The number of para-hydroxylation sites is 1. The van der Waals surface area contributed by atoms with E-state index in [0.717, 1.165) is 5.56 Å². The van der Waals surface area contributed by atoms with Crippen LogP contribution in [0.4, 0.5) is 0 Å². The fourth-order valence-electron chi connectivity index (χ4n) is 2.64. The van der Waals surface area contributed by atoms with E-state index >= 15 is 0 Å². The van der Waals surface area contributed by atoms with Crippen LogP contribution in [0.15, 0.2) is 88.3 Å². The summed E-state index contributed by atoms with van der Waals surface area (Å²) >= 11 is 6.08. The Morgan fingerprint density at radius 3 is 2.48 bits per heavy atom. The maximum Gasteiger partial charge on any atom is 0.235 e. The number of rotatable bonds is 5. The molecule has 0 amide bonds. The van der Waals surface area contributed by atoms with Crippen molar-refractivity contribution in [3.05, 3.63) is 99.9 Å². The van der Waals surface area contributed by atoms with Gasteiger partial charge in [-0.2, -0.15) is 0 Å². The van der Waals surface area contributed by atoms with E-state index < -0.39 is 0 Å². The van der Waals surface area contributed by atoms with Crippen molar-refractivity contribution in [2.24, 2.45) is 0 Å². The van der Waals surface area contributed by atoms with Gasteiger partial charge in [0.1, 0.15) is 30.0 Å². The maximum absolute atomic E-state index is 12.7. The topological polar surface area (TPSA) is 48.7 Å². The van der Waals surface area contributed by atoms with Crippen LogP contribution in [-0.2, 0) is 6.61 Å². The highest BCUT2D eigenvalue weighted by Crippen LogP contribution is 2.29. The SMILES string of the molecule is O=c1c(Oc2ccccc2Cl)coc2cc(OCc3ccccc3)ccc12. The van der Waals surface area contributed by atoms with Gasteiger partial charge in [-0.15, -0.1) is 0 Å². The Morgan fingerprint density at radius 1 is 0.889 bits per heavy atom. The summed E-state index contributed by atoms with van der Waals surface area (Å²) in [5.41, 5.74) is 1.21. The van der Waals surface area contributed by atoms with E-state index in [2.05, 4.69) is 0 Å². The van der Waals surface area contributed by atoms with E-state index in [1.807, 2.05) is 30.3 Å². The first kappa shape index (κ1) is 17.2. The Kier molecular flexibility index (Phi) is 4.81. The van der Waals surface area contributed by atoms with Crippen LogP contribution < -0.4 is 14.9 Å². The van der Waals surface area contributed by atoms with Gasteiger partial charge in [0, 0.05) is 6.07 Å². The van der Waals surface area contributed by atoms with Crippen molar-refractivity contribution in [1.82, 2.24) is 0 Å². The molecule has 4 aromatic rings. The van der Waals surface area contributed by atoms with Gasteiger partial charge in [0.25, 0.3) is 0 Å². The highest BCUT2D eigenvalue weighted by molar-refractivity contribution is 6.32. The normalized spacial score (nSPS) is 10.7. The molecule has 0 atom stereocenters. The van der Waals surface area contributed by atoms with Crippen molar-refractivity contribution in [1.29, 1.82) is 0 Å². The second kappa shape index (κ2) is 7.56. The van der Waals surface area contributed by atoms with Gasteiger partial charge in [-0.1, -0.05) is 54.1 Å². The molecule has 1 aromatic heterocycles. The molecular formula is C22H15ClO4. The molecule has 0 saturated carbocycles. The zero-order valence-corrected chi connectivity index (χ0v) is 15.0. The molecule has 4 rings (SSSR count). The van der Waals surface area contributed by atoms with Crippen molar-refractivity contribution < 1.29 is 13.9 Å². The average molecular weight is 379 g/mol. The minimum Gasteiger partial charge on any atom is -0.489 e. The first-order valence-corrected chi connectivity index (χ1v) is 8.73. The summed E-state index contributed by atoms with van der Waals surface area (Å²) in [6.07, 6.45) is 1.29. The molecular weight excluding hydrogens is 364 g/mol. The van der Waals surface area contributed by atoms with Gasteiger partial charge in [0.2, 0.25) is 11.2 Å². The van der Waals surface area contributed by atoms with Crippen molar-refractivity contribution in [3.63, 3.8) is 0 Å². The maximum atomic E-state index is 12.7. The van der Waals surface area contributed by atoms with Gasteiger partial charge in [0.05, 0.1) is 10.4 Å². The standard InChI is InChI=1S/C22H15ClO4/c23-18-8-4-5-9-19(18)27-21-14-26-20-12-16(10-11-17(20)22(21)24)25-13-15-6-2-1-3-7-15/h1-12,14H,13H2. The third kappa shape index (κ3) is 3.81. The van der Waals surface area contributed by atoms with Crippen LogP contribution in [0.3, 0.4) is 0 Å². The van der Waals surface area contributed by atoms with Gasteiger partial charge in [-0.05, 0) is 29.8 Å². The molecule has 0 aliphatic carbocycles. The van der Waals surface area contributed by atoms with Gasteiger partial charge < -0.3 is 13.9 Å². The molecule has 134 valence electrons. The number of hydrogen-bond acceptors (Lipinski definition) is 4. The molecule has 1 heterocycles. The van der Waals surface area contributed by atoms with Gasteiger partial charge in [0.15, 0.2) is 0 Å². The largest absolute Gasteiger partial charge is 0.489 e. The predicted molar refractivity (Wildman–Crippen MR) is 105 cm³/mol. The summed E-state index contributed by atoms with van der Waals surface area (Å²) in [6, 6.07) is 21.9. The first-order valence-electron chi connectivity index (χ1n) is 8.35. The highest BCUT2D eigenvalue weighted by Gasteiger charge is 2.11. The molecule has 5 heteroatoms. The molecule has 0 fully saturated rings. The van der Waals surface area contributed by atoms with Crippen molar-refractivity contribution in [3.8, 4) is 17.2 Å². The van der Waals surface area contributed by atoms with Crippen molar-refractivity contribution in [2.45, 2.75) is 6.61 Å². The molecule has 0 aliphatic rings. The average Bonchev–Trinajstić information content (AvgIpc) is 2.71. The smallest absolute Gasteiger partial charge is 0.235 e. The van der Waals surface area contributed by atoms with Crippen LogP contribution >= 0.6 is 11.6 Å². The Hall–Kier alpha value is -3.24. The summed E-state index contributed by atoms with van der Waals surface area (Å²) in [7, 11) is 0. The number of hydrogen-bond donors (Lipinski definition) is 0. The molecule has 0 N–H and O–H groups in total. The minimum atomic E-state index is -0.272. The highest BCUT2D eigenvalue weighted by atomic mass is 35.5. The first-order chi connectivity index (χ1) is 13.2. The van der Waals surface area contributed by atoms with E-state index in [4.69, 9.17) is 25.5 Å². The molecule has 0 unspecified atom stereocenters. The molecule has 0 bridgehead atoms. The van der Waals surface area contributed by atoms with Crippen LogP contribution in [-0.4, -0.2) is 0 Å². The quantitative estimate of drug-likeness (QED) is 0.439. The van der Waals surface area contributed by atoms with Gasteiger partial charge in [-0.3, -0.25) is 4.79 Å². The molecule has 0 saturated heterocycles. The lowest BCUT2D eigenvalue weighted by Gasteiger charge is -2.09. The van der Waals surface area contributed by atoms with Crippen LogP contribution in [0, 0.1) is 0 Å². The van der Waals surface area contributed by atoms with Gasteiger partial charge >= 0.3 is 0 Å². The second-order valence-corrected chi connectivity index (χ2v) is 6.30. The number of fused-ring (bicyclic) bond motifs is 1. The number of ether oxygens (including phenoxy) is 2. The molecule has 0 aliphatic heterocycles. The Labute approximate surface area is 160 Å². The van der Waals surface area contributed by atoms with Crippen LogP contribution in [0.1, 0.15) is 5.56 Å². The number of halogens is 1. The lowest BCUT2D eigenvalue weighted by Crippen LogP contribution is -2.05. The van der Waals surface area contributed by atoms with Crippen molar-refractivity contribution in [2.75, 3.05) is 0 Å². The molecule has 4 nitrogen and oxygen atoms in total. The van der Waals surface area contributed by atoms with Crippen LogP contribution in [0.2, 0.25) is 5.02 Å². The van der Waals surface area contributed by atoms with Crippen LogP contribution in [0.25, 0.3) is 11.0 Å². The van der Waals surface area contributed by atoms with Crippen LogP contribution in [0.5, 0.6) is 17.2 Å². The predicted octanol–water partition coefficient (Wildman–Crippen LogP) is 5.82. The summed E-state index contributed by atoms with van der Waals surface area (Å²) in [6.45, 7) is 0.435. The van der Waals surface area contributed by atoms with Gasteiger partial charge in [-0.25, -0.2) is 0 Å². The molecule has 0 spiro atoms.